The number of fused-ring (bicyclic) bond motifs is 1. The van der Waals surface area contributed by atoms with E-state index in [0.29, 0.717) is 23.5 Å². The summed E-state index contributed by atoms with van der Waals surface area (Å²) in [5.41, 5.74) is 3.14. The fourth-order valence-electron chi connectivity index (χ4n) is 4.46. The van der Waals surface area contributed by atoms with Gasteiger partial charge in [-0.1, -0.05) is 23.5 Å². The van der Waals surface area contributed by atoms with Crippen LogP contribution in [0.3, 0.4) is 0 Å². The van der Waals surface area contributed by atoms with Crippen molar-refractivity contribution in [2.45, 2.75) is 11.8 Å². The van der Waals surface area contributed by atoms with E-state index in [0.717, 1.165) is 43.4 Å². The van der Waals surface area contributed by atoms with Gasteiger partial charge in [0.05, 0.1) is 22.2 Å². The quantitative estimate of drug-likeness (QED) is 0.317. The minimum absolute atomic E-state index is 0.126. The number of para-hydroxylation sites is 1. The third kappa shape index (κ3) is 6.32. The molecule has 1 amide bonds. The van der Waals surface area contributed by atoms with Crippen LogP contribution in [0.1, 0.15) is 15.9 Å². The number of aryl methyl sites for hydroxylation is 1. The number of nitrogens with one attached hydrogen (secondary N) is 2. The molecule has 9 nitrogen and oxygen atoms in total. The number of anilines is 2. The largest absolute Gasteiger partial charge is 0.497 e. The topological polar surface area (TPSA) is 104 Å². The fraction of sp³-hybridized carbons (Fsp3) is 0.286. The molecule has 0 radical (unpaired) electrons. The number of ether oxygens (including phenoxy) is 1. The highest BCUT2D eigenvalue weighted by Gasteiger charge is 2.20. The molecule has 0 spiro atoms. The molecule has 3 aromatic carbocycles. The molecule has 0 saturated carbocycles. The molecular formula is C28H31N5O4S2. The van der Waals surface area contributed by atoms with E-state index in [1.807, 2.05) is 0 Å². The molecular weight excluding hydrogens is 534 g/mol. The zero-order valence-electron chi connectivity index (χ0n) is 21.9. The molecule has 204 valence electrons. The van der Waals surface area contributed by atoms with Crippen LogP contribution in [0, 0.1) is 6.92 Å². The summed E-state index contributed by atoms with van der Waals surface area (Å²) in [5.74, 6) is 0.383. The predicted molar refractivity (Wildman–Crippen MR) is 156 cm³/mol. The number of carbonyl (C=O) groups excluding carboxylic acids is 1. The molecule has 2 N–H and O–H groups in total. The maximum atomic E-state index is 12.6. The SMILES string of the molecule is COc1ccc(S(=O)(=O)Nc2ccc(C(=O)NCCN3CCN(c4nc5c(C)cccc5s4)CC3)cc2)cc1. The lowest BCUT2D eigenvalue weighted by Gasteiger charge is -2.34. The molecule has 2 heterocycles. The van der Waals surface area contributed by atoms with Crippen LogP contribution in [0.2, 0.25) is 0 Å². The lowest BCUT2D eigenvalue weighted by atomic mass is 10.2. The molecule has 4 aromatic rings. The van der Waals surface area contributed by atoms with Crippen LogP contribution in [-0.4, -0.2) is 70.6 Å². The van der Waals surface area contributed by atoms with Crippen molar-refractivity contribution in [2.24, 2.45) is 0 Å². The summed E-state index contributed by atoms with van der Waals surface area (Å²) < 4.78 is 34.1. The summed E-state index contributed by atoms with van der Waals surface area (Å²) in [6, 6.07) is 18.8. The molecule has 1 aliphatic heterocycles. The molecule has 0 atom stereocenters. The number of amides is 1. The van der Waals surface area contributed by atoms with E-state index in [9.17, 15) is 13.2 Å². The van der Waals surface area contributed by atoms with Gasteiger partial charge in [-0.15, -0.1) is 0 Å². The van der Waals surface area contributed by atoms with E-state index in [-0.39, 0.29) is 10.8 Å². The van der Waals surface area contributed by atoms with Crippen molar-refractivity contribution in [3.63, 3.8) is 0 Å². The second kappa shape index (κ2) is 11.6. The van der Waals surface area contributed by atoms with E-state index in [4.69, 9.17) is 9.72 Å². The van der Waals surface area contributed by atoms with Crippen molar-refractivity contribution in [1.29, 1.82) is 0 Å². The van der Waals surface area contributed by atoms with Crippen LogP contribution in [-0.2, 0) is 10.0 Å². The predicted octanol–water partition coefficient (Wildman–Crippen LogP) is 3.97. The lowest BCUT2D eigenvalue weighted by molar-refractivity contribution is 0.0948. The van der Waals surface area contributed by atoms with Crippen LogP contribution >= 0.6 is 11.3 Å². The Morgan fingerprint density at radius 1 is 1.00 bits per heavy atom. The first kappa shape index (κ1) is 26.9. The van der Waals surface area contributed by atoms with Gasteiger partial charge in [0.2, 0.25) is 0 Å². The van der Waals surface area contributed by atoms with Gasteiger partial charge in [0.1, 0.15) is 5.75 Å². The number of sulfonamides is 1. The summed E-state index contributed by atoms with van der Waals surface area (Å²) in [4.78, 5) is 22.3. The van der Waals surface area contributed by atoms with Crippen LogP contribution in [0.25, 0.3) is 10.2 Å². The van der Waals surface area contributed by atoms with Gasteiger partial charge in [0, 0.05) is 50.5 Å². The maximum Gasteiger partial charge on any atom is 0.261 e. The number of hydrogen-bond acceptors (Lipinski definition) is 8. The first-order valence-corrected chi connectivity index (χ1v) is 15.0. The Bertz CT molecular complexity index is 1550. The molecule has 5 rings (SSSR count). The number of hydrogen-bond donors (Lipinski definition) is 2. The second-order valence-corrected chi connectivity index (χ2v) is 12.1. The van der Waals surface area contributed by atoms with E-state index < -0.39 is 10.0 Å². The van der Waals surface area contributed by atoms with Gasteiger partial charge in [0.15, 0.2) is 5.13 Å². The van der Waals surface area contributed by atoms with Gasteiger partial charge in [-0.2, -0.15) is 0 Å². The fourth-order valence-corrected chi connectivity index (χ4v) is 6.61. The standard InChI is InChI=1S/C28H31N5O4S2/c1-20-4-3-5-25-26(20)30-28(38-25)33-18-16-32(17-19-33)15-14-29-27(34)21-6-8-22(9-7-21)31-39(35,36)24-12-10-23(37-2)11-13-24/h3-13,31H,14-19H2,1-2H3,(H,29,34). The summed E-state index contributed by atoms with van der Waals surface area (Å²) >= 11 is 1.74. The number of carbonyl (C=O) groups is 1. The zero-order valence-corrected chi connectivity index (χ0v) is 23.5. The van der Waals surface area contributed by atoms with Gasteiger partial charge in [-0.05, 0) is 67.1 Å². The summed E-state index contributed by atoms with van der Waals surface area (Å²) in [6.07, 6.45) is 0. The molecule has 0 aliphatic carbocycles. The molecule has 1 fully saturated rings. The van der Waals surface area contributed by atoms with E-state index in [1.54, 1.807) is 47.7 Å². The van der Waals surface area contributed by atoms with Crippen molar-refractivity contribution in [3.05, 3.63) is 77.9 Å². The summed E-state index contributed by atoms with van der Waals surface area (Å²) in [6.45, 7) is 7.02. The highest BCUT2D eigenvalue weighted by molar-refractivity contribution is 7.92. The Balaban J connectivity index is 1.07. The van der Waals surface area contributed by atoms with E-state index in [1.165, 1.54) is 29.5 Å². The monoisotopic (exact) mass is 565 g/mol. The summed E-state index contributed by atoms with van der Waals surface area (Å²) in [5, 5.41) is 4.03. The average Bonchev–Trinajstić information content (AvgIpc) is 3.39. The lowest BCUT2D eigenvalue weighted by Crippen LogP contribution is -2.48. The third-order valence-electron chi connectivity index (χ3n) is 6.73. The van der Waals surface area contributed by atoms with Gasteiger partial charge >= 0.3 is 0 Å². The highest BCUT2D eigenvalue weighted by Crippen LogP contribution is 2.31. The molecule has 11 heteroatoms. The van der Waals surface area contributed by atoms with Crippen molar-refractivity contribution in [3.8, 4) is 5.75 Å². The van der Waals surface area contributed by atoms with Crippen LogP contribution < -0.4 is 19.7 Å². The molecule has 0 unspecified atom stereocenters. The van der Waals surface area contributed by atoms with E-state index in [2.05, 4.69) is 45.0 Å². The van der Waals surface area contributed by atoms with Gasteiger partial charge < -0.3 is 15.0 Å². The molecule has 1 saturated heterocycles. The number of aromatic nitrogens is 1. The van der Waals surface area contributed by atoms with E-state index >= 15 is 0 Å². The molecule has 39 heavy (non-hydrogen) atoms. The molecule has 1 aliphatic rings. The first-order chi connectivity index (χ1) is 18.8. The van der Waals surface area contributed by atoms with Gasteiger partial charge in [-0.3, -0.25) is 14.4 Å². The number of rotatable bonds is 9. The Labute approximate surface area is 232 Å². The highest BCUT2D eigenvalue weighted by atomic mass is 32.2. The van der Waals surface area contributed by atoms with Crippen molar-refractivity contribution < 1.29 is 17.9 Å². The Morgan fingerprint density at radius 3 is 2.38 bits per heavy atom. The van der Waals surface area contributed by atoms with Crippen molar-refractivity contribution in [2.75, 3.05) is 56.0 Å². The number of methoxy groups -OCH3 is 1. The number of benzene rings is 3. The Morgan fingerprint density at radius 2 is 1.72 bits per heavy atom. The number of thiazole rings is 1. The second-order valence-electron chi connectivity index (χ2n) is 9.36. The number of nitrogens with zero attached hydrogens (tertiary/aromatic N) is 3. The van der Waals surface area contributed by atoms with Crippen molar-refractivity contribution >= 4 is 48.3 Å². The summed E-state index contributed by atoms with van der Waals surface area (Å²) in [7, 11) is -2.23. The van der Waals surface area contributed by atoms with Crippen LogP contribution in [0.15, 0.2) is 71.6 Å². The van der Waals surface area contributed by atoms with Crippen LogP contribution in [0.5, 0.6) is 5.75 Å². The van der Waals surface area contributed by atoms with Gasteiger partial charge in [0.25, 0.3) is 15.9 Å². The first-order valence-electron chi connectivity index (χ1n) is 12.7. The minimum Gasteiger partial charge on any atom is -0.497 e. The Kier molecular flexibility index (Phi) is 8.01. The molecule has 0 bridgehead atoms. The average molecular weight is 566 g/mol. The maximum absolute atomic E-state index is 12.6. The minimum atomic E-state index is -3.75. The molecule has 1 aromatic heterocycles. The van der Waals surface area contributed by atoms with Crippen LogP contribution in [0.4, 0.5) is 10.8 Å². The van der Waals surface area contributed by atoms with Crippen molar-refractivity contribution in [1.82, 2.24) is 15.2 Å². The normalized spacial score (nSPS) is 14.4. The zero-order chi connectivity index (χ0) is 27.4. The third-order valence-corrected chi connectivity index (χ3v) is 9.21. The van der Waals surface area contributed by atoms with Gasteiger partial charge in [-0.25, -0.2) is 13.4 Å². The Hall–Kier alpha value is -3.67. The number of piperazine rings is 1. The smallest absolute Gasteiger partial charge is 0.261 e.